The quantitative estimate of drug-likeness (QED) is 0.819. The molecule has 0 bridgehead atoms. The molecule has 1 spiro atoms. The predicted octanol–water partition coefficient (Wildman–Crippen LogP) is 2.87. The maximum Gasteiger partial charge on any atom is 0.329 e. The number of halogens is 1. The first kappa shape index (κ1) is 11.5. The van der Waals surface area contributed by atoms with Crippen LogP contribution in [-0.4, -0.2) is 17.6 Å². The second-order valence-electron chi connectivity index (χ2n) is 5.22. The highest BCUT2D eigenvalue weighted by atomic mass is 19.1. The second-order valence-corrected chi connectivity index (χ2v) is 5.22. The summed E-state index contributed by atoms with van der Waals surface area (Å²) in [6.45, 7) is 0. The van der Waals surface area contributed by atoms with Crippen LogP contribution >= 0.6 is 0 Å². The molecule has 1 N–H and O–H groups in total. The molecule has 4 heteroatoms. The van der Waals surface area contributed by atoms with Crippen molar-refractivity contribution in [2.45, 2.75) is 43.7 Å². The molecule has 1 saturated carbocycles. The molecule has 1 atom stereocenters. The molecule has 1 aromatic rings. The van der Waals surface area contributed by atoms with E-state index in [9.17, 15) is 9.18 Å². The summed E-state index contributed by atoms with van der Waals surface area (Å²) in [5, 5.41) is 3.13. The van der Waals surface area contributed by atoms with E-state index in [0.717, 1.165) is 37.8 Å². The molecule has 2 aliphatic rings. The molecule has 1 saturated heterocycles. The summed E-state index contributed by atoms with van der Waals surface area (Å²) in [5.41, 5.74) is 0.530. The zero-order valence-electron chi connectivity index (χ0n) is 10.1. The van der Waals surface area contributed by atoms with Gasteiger partial charge in [0.1, 0.15) is 17.5 Å². The van der Waals surface area contributed by atoms with Crippen molar-refractivity contribution in [3.05, 3.63) is 30.1 Å². The molecular formula is C14H16FNO2. The van der Waals surface area contributed by atoms with Crippen LogP contribution < -0.4 is 5.32 Å². The van der Waals surface area contributed by atoms with Gasteiger partial charge in [-0.05, 0) is 49.9 Å². The van der Waals surface area contributed by atoms with E-state index in [1.54, 1.807) is 12.1 Å². The largest absolute Gasteiger partial charge is 0.457 e. The van der Waals surface area contributed by atoms with Crippen LogP contribution in [-0.2, 0) is 9.53 Å². The summed E-state index contributed by atoms with van der Waals surface area (Å²) in [4.78, 5) is 11.8. The lowest BCUT2D eigenvalue weighted by Crippen LogP contribution is -2.25. The van der Waals surface area contributed by atoms with Crippen molar-refractivity contribution in [3.8, 4) is 0 Å². The van der Waals surface area contributed by atoms with Gasteiger partial charge in [-0.15, -0.1) is 0 Å². The average molecular weight is 249 g/mol. The summed E-state index contributed by atoms with van der Waals surface area (Å²) in [7, 11) is 0. The third-order valence-corrected chi connectivity index (χ3v) is 3.88. The van der Waals surface area contributed by atoms with Crippen molar-refractivity contribution in [2.75, 3.05) is 5.32 Å². The van der Waals surface area contributed by atoms with Crippen molar-refractivity contribution in [2.24, 2.45) is 0 Å². The Morgan fingerprint density at radius 1 is 1.22 bits per heavy atom. The molecule has 0 aromatic heterocycles. The molecule has 0 amide bonds. The van der Waals surface area contributed by atoms with Crippen LogP contribution in [0.15, 0.2) is 24.3 Å². The van der Waals surface area contributed by atoms with Gasteiger partial charge >= 0.3 is 5.97 Å². The van der Waals surface area contributed by atoms with Gasteiger partial charge in [-0.2, -0.15) is 0 Å². The van der Waals surface area contributed by atoms with Crippen LogP contribution in [0.25, 0.3) is 0 Å². The molecule has 1 heterocycles. The maximum absolute atomic E-state index is 12.8. The molecule has 0 radical (unpaired) electrons. The summed E-state index contributed by atoms with van der Waals surface area (Å²) < 4.78 is 18.3. The van der Waals surface area contributed by atoms with Gasteiger partial charge in [0.15, 0.2) is 0 Å². The normalized spacial score (nSPS) is 25.4. The van der Waals surface area contributed by atoms with Crippen molar-refractivity contribution < 1.29 is 13.9 Å². The van der Waals surface area contributed by atoms with Crippen LogP contribution in [0.5, 0.6) is 0 Å². The van der Waals surface area contributed by atoms with Crippen molar-refractivity contribution >= 4 is 11.7 Å². The van der Waals surface area contributed by atoms with Gasteiger partial charge in [-0.25, -0.2) is 9.18 Å². The minimum atomic E-state index is -0.298. The first-order valence-corrected chi connectivity index (χ1v) is 6.42. The van der Waals surface area contributed by atoms with Crippen LogP contribution in [0.1, 0.15) is 32.1 Å². The zero-order chi connectivity index (χ0) is 12.6. The van der Waals surface area contributed by atoms with E-state index in [1.165, 1.54) is 12.1 Å². The molecule has 1 unspecified atom stereocenters. The first-order chi connectivity index (χ1) is 8.67. The molecule has 1 aromatic carbocycles. The Balaban J connectivity index is 1.70. The number of carbonyl (C=O) groups is 1. The van der Waals surface area contributed by atoms with Gasteiger partial charge in [0.25, 0.3) is 0 Å². The maximum atomic E-state index is 12.8. The van der Waals surface area contributed by atoms with Gasteiger partial charge in [0, 0.05) is 12.1 Å². The number of hydrogen-bond acceptors (Lipinski definition) is 3. The standard InChI is InChI=1S/C14H16FNO2/c15-10-3-5-11(6-4-10)16-12-9-14(18-13(12)17)7-1-2-8-14/h3-6,12,16H,1-2,7-9H2. The molecule has 96 valence electrons. The molecule has 3 nitrogen and oxygen atoms in total. The number of anilines is 1. The van der Waals surface area contributed by atoms with Gasteiger partial charge in [-0.3, -0.25) is 0 Å². The minimum absolute atomic E-state index is 0.179. The average Bonchev–Trinajstić information content (AvgIpc) is 2.91. The fourth-order valence-corrected chi connectivity index (χ4v) is 2.96. The third kappa shape index (κ3) is 2.07. The highest BCUT2D eigenvalue weighted by Crippen LogP contribution is 2.42. The Hall–Kier alpha value is -1.58. The summed E-state index contributed by atoms with van der Waals surface area (Å²) in [6, 6.07) is 5.75. The topological polar surface area (TPSA) is 38.3 Å². The number of hydrogen-bond donors (Lipinski definition) is 1. The third-order valence-electron chi connectivity index (χ3n) is 3.88. The van der Waals surface area contributed by atoms with Gasteiger partial charge < -0.3 is 10.1 Å². The van der Waals surface area contributed by atoms with Crippen molar-refractivity contribution in [1.29, 1.82) is 0 Å². The molecule has 18 heavy (non-hydrogen) atoms. The highest BCUT2D eigenvalue weighted by Gasteiger charge is 2.48. The van der Waals surface area contributed by atoms with Crippen LogP contribution in [0.2, 0.25) is 0 Å². The molecule has 1 aliphatic heterocycles. The number of ether oxygens (including phenoxy) is 1. The second kappa shape index (κ2) is 4.26. The van der Waals surface area contributed by atoms with Gasteiger partial charge in [-0.1, -0.05) is 0 Å². The number of carbonyl (C=O) groups excluding carboxylic acids is 1. The molecule has 3 rings (SSSR count). The van der Waals surface area contributed by atoms with E-state index in [0.29, 0.717) is 0 Å². The highest BCUT2D eigenvalue weighted by molar-refractivity contribution is 5.82. The van der Waals surface area contributed by atoms with E-state index in [4.69, 9.17) is 4.74 Å². The Morgan fingerprint density at radius 2 is 1.89 bits per heavy atom. The van der Waals surface area contributed by atoms with E-state index < -0.39 is 0 Å². The van der Waals surface area contributed by atoms with Crippen LogP contribution in [0.3, 0.4) is 0 Å². The number of rotatable bonds is 2. The van der Waals surface area contributed by atoms with E-state index >= 15 is 0 Å². The van der Waals surface area contributed by atoms with Crippen LogP contribution in [0, 0.1) is 5.82 Å². The Kier molecular flexibility index (Phi) is 2.73. The Labute approximate surface area is 105 Å². The lowest BCUT2D eigenvalue weighted by molar-refractivity contribution is -0.148. The predicted molar refractivity (Wildman–Crippen MR) is 65.7 cm³/mol. The lowest BCUT2D eigenvalue weighted by Gasteiger charge is -2.20. The van der Waals surface area contributed by atoms with Gasteiger partial charge in [0.05, 0.1) is 0 Å². The fraction of sp³-hybridized carbons (Fsp3) is 0.500. The smallest absolute Gasteiger partial charge is 0.329 e. The summed E-state index contributed by atoms with van der Waals surface area (Å²) in [6.07, 6.45) is 4.94. The van der Waals surface area contributed by atoms with E-state index in [1.807, 2.05) is 0 Å². The monoisotopic (exact) mass is 249 g/mol. The number of nitrogens with one attached hydrogen (secondary N) is 1. The Bertz CT molecular complexity index is 451. The first-order valence-electron chi connectivity index (χ1n) is 6.42. The summed E-state index contributed by atoms with van der Waals surface area (Å²) in [5.74, 6) is -0.456. The SMILES string of the molecule is O=C1OC2(CCCC2)CC1Nc1ccc(F)cc1. The van der Waals surface area contributed by atoms with Crippen molar-refractivity contribution in [3.63, 3.8) is 0 Å². The Morgan fingerprint density at radius 3 is 2.56 bits per heavy atom. The summed E-state index contributed by atoms with van der Waals surface area (Å²) >= 11 is 0. The van der Waals surface area contributed by atoms with E-state index in [-0.39, 0.29) is 23.4 Å². The molecule has 1 aliphatic carbocycles. The zero-order valence-corrected chi connectivity index (χ0v) is 10.1. The lowest BCUT2D eigenvalue weighted by atomic mass is 9.96. The molecule has 2 fully saturated rings. The van der Waals surface area contributed by atoms with E-state index in [2.05, 4.69) is 5.32 Å². The number of esters is 1. The minimum Gasteiger partial charge on any atom is -0.457 e. The van der Waals surface area contributed by atoms with Crippen molar-refractivity contribution in [1.82, 2.24) is 0 Å². The number of benzene rings is 1. The fourth-order valence-electron chi connectivity index (χ4n) is 2.96. The van der Waals surface area contributed by atoms with Gasteiger partial charge in [0.2, 0.25) is 0 Å². The van der Waals surface area contributed by atoms with Crippen LogP contribution in [0.4, 0.5) is 10.1 Å². The molecular weight excluding hydrogens is 233 g/mol.